The minimum Gasteiger partial charge on any atom is -0.507 e. The van der Waals surface area contributed by atoms with Gasteiger partial charge in [0.1, 0.15) is 24.5 Å². The first-order chi connectivity index (χ1) is 12.9. The van der Waals surface area contributed by atoms with Gasteiger partial charge in [0, 0.05) is 13.6 Å². The van der Waals surface area contributed by atoms with Crippen molar-refractivity contribution < 1.29 is 28.9 Å². The number of carbonyl (C=O) groups is 2. The standard InChI is InChI=1S/C20H21NO6/c1-13-3-5-15(16(22)9-13)20(24)27-12-19(23)21(2)11-14-4-6-17-18(10-14)26-8-7-25-17/h3-6,9-10,22H,7-8,11-12H2,1-2H3. The average Bonchev–Trinajstić information content (AvgIpc) is 2.65. The molecule has 1 heterocycles. The molecular weight excluding hydrogens is 350 g/mol. The normalized spacial score (nSPS) is 12.4. The Hall–Kier alpha value is -3.22. The molecule has 0 bridgehead atoms. The predicted molar refractivity (Wildman–Crippen MR) is 97.0 cm³/mol. The van der Waals surface area contributed by atoms with E-state index in [-0.39, 0.29) is 17.2 Å². The SMILES string of the molecule is Cc1ccc(C(=O)OCC(=O)N(C)Cc2ccc3c(c2)OCCO3)c(O)c1. The zero-order valence-electron chi connectivity index (χ0n) is 15.2. The fourth-order valence-electron chi connectivity index (χ4n) is 2.68. The summed E-state index contributed by atoms with van der Waals surface area (Å²) in [6, 6.07) is 10.1. The fraction of sp³-hybridized carbons (Fsp3) is 0.300. The summed E-state index contributed by atoms with van der Waals surface area (Å²) in [5.74, 6) is 0.0715. The van der Waals surface area contributed by atoms with E-state index >= 15 is 0 Å². The van der Waals surface area contributed by atoms with E-state index in [1.54, 1.807) is 20.0 Å². The summed E-state index contributed by atoms with van der Waals surface area (Å²) in [4.78, 5) is 25.7. The van der Waals surface area contributed by atoms with Gasteiger partial charge in [-0.3, -0.25) is 4.79 Å². The summed E-state index contributed by atoms with van der Waals surface area (Å²) in [7, 11) is 1.62. The first-order valence-electron chi connectivity index (χ1n) is 8.53. The van der Waals surface area contributed by atoms with Crippen LogP contribution < -0.4 is 9.47 Å². The second-order valence-electron chi connectivity index (χ2n) is 6.32. The van der Waals surface area contributed by atoms with E-state index in [1.165, 1.54) is 17.0 Å². The van der Waals surface area contributed by atoms with Crippen molar-refractivity contribution in [1.82, 2.24) is 4.90 Å². The summed E-state index contributed by atoms with van der Waals surface area (Å²) in [6.45, 7) is 2.74. The van der Waals surface area contributed by atoms with Crippen molar-refractivity contribution in [2.24, 2.45) is 0 Å². The van der Waals surface area contributed by atoms with E-state index in [0.29, 0.717) is 31.3 Å². The highest BCUT2D eigenvalue weighted by molar-refractivity contribution is 5.93. The molecule has 0 atom stereocenters. The number of carbonyl (C=O) groups excluding carboxylic acids is 2. The molecule has 0 aliphatic carbocycles. The minimum atomic E-state index is -0.742. The molecule has 2 aromatic carbocycles. The van der Waals surface area contributed by atoms with Gasteiger partial charge in [-0.15, -0.1) is 0 Å². The second kappa shape index (κ2) is 7.99. The average molecular weight is 371 g/mol. The Balaban J connectivity index is 1.55. The van der Waals surface area contributed by atoms with Crippen LogP contribution in [0.3, 0.4) is 0 Å². The van der Waals surface area contributed by atoms with Gasteiger partial charge in [-0.05, 0) is 42.3 Å². The molecule has 27 heavy (non-hydrogen) atoms. The number of likely N-dealkylation sites (N-methyl/N-ethyl adjacent to an activating group) is 1. The Morgan fingerprint density at radius 2 is 1.85 bits per heavy atom. The largest absolute Gasteiger partial charge is 0.507 e. The Morgan fingerprint density at radius 1 is 1.11 bits per heavy atom. The number of phenols is 1. The summed E-state index contributed by atoms with van der Waals surface area (Å²) in [6.07, 6.45) is 0. The molecule has 0 saturated heterocycles. The first kappa shape index (κ1) is 18.6. The number of benzene rings is 2. The lowest BCUT2D eigenvalue weighted by Gasteiger charge is -2.21. The number of aryl methyl sites for hydroxylation is 1. The molecule has 0 fully saturated rings. The molecule has 7 nitrogen and oxygen atoms in total. The molecule has 0 spiro atoms. The highest BCUT2D eigenvalue weighted by Crippen LogP contribution is 2.31. The second-order valence-corrected chi connectivity index (χ2v) is 6.32. The molecule has 142 valence electrons. The maximum Gasteiger partial charge on any atom is 0.342 e. The van der Waals surface area contributed by atoms with Gasteiger partial charge in [0.2, 0.25) is 0 Å². The number of nitrogens with zero attached hydrogens (tertiary/aromatic N) is 1. The number of ether oxygens (including phenoxy) is 3. The maximum absolute atomic E-state index is 12.2. The Kier molecular flexibility index (Phi) is 5.49. The predicted octanol–water partition coefficient (Wildman–Crippen LogP) is 2.29. The summed E-state index contributed by atoms with van der Waals surface area (Å²) < 4.78 is 16.0. The zero-order valence-corrected chi connectivity index (χ0v) is 15.2. The third-order valence-electron chi connectivity index (χ3n) is 4.15. The highest BCUT2D eigenvalue weighted by Gasteiger charge is 2.18. The molecule has 2 aromatic rings. The van der Waals surface area contributed by atoms with E-state index in [4.69, 9.17) is 14.2 Å². The molecule has 0 radical (unpaired) electrons. The molecule has 3 rings (SSSR count). The van der Waals surface area contributed by atoms with Crippen molar-refractivity contribution in [1.29, 1.82) is 0 Å². The van der Waals surface area contributed by atoms with Crippen LogP contribution in [0.4, 0.5) is 0 Å². The maximum atomic E-state index is 12.2. The molecule has 1 N–H and O–H groups in total. The Labute approximate surface area is 157 Å². The quantitative estimate of drug-likeness (QED) is 0.812. The Bertz CT molecular complexity index is 864. The third-order valence-corrected chi connectivity index (χ3v) is 4.15. The van der Waals surface area contributed by atoms with E-state index in [9.17, 15) is 14.7 Å². The van der Waals surface area contributed by atoms with Crippen LogP contribution in [-0.2, 0) is 16.1 Å². The van der Waals surface area contributed by atoms with E-state index in [0.717, 1.165) is 11.1 Å². The van der Waals surface area contributed by atoms with Crippen LogP contribution >= 0.6 is 0 Å². The number of fused-ring (bicyclic) bond motifs is 1. The number of rotatable bonds is 5. The van der Waals surface area contributed by atoms with Gasteiger partial charge in [-0.2, -0.15) is 0 Å². The van der Waals surface area contributed by atoms with Crippen molar-refractivity contribution in [2.75, 3.05) is 26.9 Å². The molecule has 0 saturated carbocycles. The van der Waals surface area contributed by atoms with Gasteiger partial charge < -0.3 is 24.2 Å². The van der Waals surface area contributed by atoms with E-state index in [2.05, 4.69) is 0 Å². The fourth-order valence-corrected chi connectivity index (χ4v) is 2.68. The number of esters is 1. The van der Waals surface area contributed by atoms with Crippen molar-refractivity contribution in [3.8, 4) is 17.2 Å². The van der Waals surface area contributed by atoms with Crippen LogP contribution in [0.1, 0.15) is 21.5 Å². The molecule has 0 unspecified atom stereocenters. The van der Waals surface area contributed by atoms with Crippen molar-refractivity contribution in [3.05, 3.63) is 53.1 Å². The van der Waals surface area contributed by atoms with Crippen LogP contribution in [0.5, 0.6) is 17.2 Å². The number of aromatic hydroxyl groups is 1. The highest BCUT2D eigenvalue weighted by atomic mass is 16.6. The van der Waals surface area contributed by atoms with Gasteiger partial charge in [0.05, 0.1) is 0 Å². The summed E-state index contributed by atoms with van der Waals surface area (Å²) in [5.41, 5.74) is 1.72. The number of amides is 1. The van der Waals surface area contributed by atoms with E-state index in [1.807, 2.05) is 18.2 Å². The van der Waals surface area contributed by atoms with Gasteiger partial charge >= 0.3 is 5.97 Å². The molecule has 1 aliphatic heterocycles. The van der Waals surface area contributed by atoms with Crippen LogP contribution in [0.25, 0.3) is 0 Å². The molecule has 0 aromatic heterocycles. The van der Waals surface area contributed by atoms with Crippen LogP contribution in [-0.4, -0.2) is 48.8 Å². The lowest BCUT2D eigenvalue weighted by atomic mass is 10.1. The summed E-state index contributed by atoms with van der Waals surface area (Å²) >= 11 is 0. The van der Waals surface area contributed by atoms with Crippen LogP contribution in [0.15, 0.2) is 36.4 Å². The lowest BCUT2D eigenvalue weighted by molar-refractivity contribution is -0.133. The molecule has 1 amide bonds. The first-order valence-corrected chi connectivity index (χ1v) is 8.53. The number of hydrogen-bond donors (Lipinski definition) is 1. The molecule has 1 aliphatic rings. The lowest BCUT2D eigenvalue weighted by Crippen LogP contribution is -2.31. The van der Waals surface area contributed by atoms with Crippen LogP contribution in [0, 0.1) is 6.92 Å². The minimum absolute atomic E-state index is 0.0305. The van der Waals surface area contributed by atoms with E-state index < -0.39 is 12.6 Å². The molecule has 7 heteroatoms. The van der Waals surface area contributed by atoms with Gasteiger partial charge in [0.25, 0.3) is 5.91 Å². The molecular formula is C20H21NO6. The smallest absolute Gasteiger partial charge is 0.342 e. The topological polar surface area (TPSA) is 85.3 Å². The number of phenolic OH excluding ortho intramolecular Hbond substituents is 1. The van der Waals surface area contributed by atoms with Crippen LogP contribution in [0.2, 0.25) is 0 Å². The van der Waals surface area contributed by atoms with Gasteiger partial charge in [-0.25, -0.2) is 4.79 Å². The third kappa shape index (κ3) is 4.49. The zero-order chi connectivity index (χ0) is 19.4. The van der Waals surface area contributed by atoms with Crippen molar-refractivity contribution in [3.63, 3.8) is 0 Å². The van der Waals surface area contributed by atoms with Crippen molar-refractivity contribution >= 4 is 11.9 Å². The number of hydrogen-bond acceptors (Lipinski definition) is 6. The van der Waals surface area contributed by atoms with Crippen molar-refractivity contribution in [2.45, 2.75) is 13.5 Å². The Morgan fingerprint density at radius 3 is 2.59 bits per heavy atom. The monoisotopic (exact) mass is 371 g/mol. The van der Waals surface area contributed by atoms with Gasteiger partial charge in [-0.1, -0.05) is 12.1 Å². The summed E-state index contributed by atoms with van der Waals surface area (Å²) in [5, 5.41) is 9.81. The van der Waals surface area contributed by atoms with Gasteiger partial charge in [0.15, 0.2) is 18.1 Å².